The quantitative estimate of drug-likeness (QED) is 0.890. The first-order chi connectivity index (χ1) is 9.10. The number of carboxylic acid groups (broad SMARTS) is 1. The zero-order chi connectivity index (χ0) is 13.7. The molecule has 0 heterocycles. The molecule has 0 bridgehead atoms. The molecule has 0 spiro atoms. The summed E-state index contributed by atoms with van der Waals surface area (Å²) in [6.07, 6.45) is 0.635. The Hall–Kier alpha value is -1.84. The highest BCUT2D eigenvalue weighted by Gasteiger charge is 2.34. The summed E-state index contributed by atoms with van der Waals surface area (Å²) in [6.45, 7) is 0. The van der Waals surface area contributed by atoms with Crippen LogP contribution in [0, 0.1) is 0 Å². The fourth-order valence-electron chi connectivity index (χ4n) is 2.13. The molecule has 0 saturated carbocycles. The molecule has 0 unspecified atom stereocenters. The monoisotopic (exact) mass is 291 g/mol. The van der Waals surface area contributed by atoms with E-state index in [4.69, 9.17) is 5.73 Å². The van der Waals surface area contributed by atoms with Gasteiger partial charge in [-0.3, -0.25) is 4.79 Å². The Morgan fingerprint density at radius 1 is 0.900 bits per heavy atom. The summed E-state index contributed by atoms with van der Waals surface area (Å²) in [7, 11) is 0. The van der Waals surface area contributed by atoms with E-state index in [1.165, 1.54) is 0 Å². The summed E-state index contributed by atoms with van der Waals surface area (Å²) in [6, 6.07) is 19.0. The van der Waals surface area contributed by atoms with Crippen molar-refractivity contribution < 1.29 is 9.90 Å². The maximum atomic E-state index is 11.5. The molecule has 3 N–H and O–H groups in total. The molecule has 0 aliphatic carbocycles. The Morgan fingerprint density at radius 3 is 1.55 bits per heavy atom. The van der Waals surface area contributed by atoms with Crippen molar-refractivity contribution in [3.63, 3.8) is 0 Å². The number of carbonyl (C=O) groups is 1. The summed E-state index contributed by atoms with van der Waals surface area (Å²) < 4.78 is 0. The lowest BCUT2D eigenvalue weighted by Crippen LogP contribution is -2.51. The summed E-state index contributed by atoms with van der Waals surface area (Å²) >= 11 is 0. The lowest BCUT2D eigenvalue weighted by Gasteiger charge is -2.25. The number of hydrogen-bond acceptors (Lipinski definition) is 2. The van der Waals surface area contributed by atoms with E-state index in [0.717, 1.165) is 11.1 Å². The normalized spacial score (nSPS) is 10.7. The van der Waals surface area contributed by atoms with Gasteiger partial charge < -0.3 is 10.8 Å². The fourth-order valence-corrected chi connectivity index (χ4v) is 2.13. The highest BCUT2D eigenvalue weighted by Crippen LogP contribution is 2.17. The molecule has 106 valence electrons. The van der Waals surface area contributed by atoms with Crippen LogP contribution in [0.5, 0.6) is 0 Å². The molecule has 0 atom stereocenters. The van der Waals surface area contributed by atoms with Crippen molar-refractivity contribution >= 4 is 18.4 Å². The minimum Gasteiger partial charge on any atom is -0.480 e. The van der Waals surface area contributed by atoms with Gasteiger partial charge in [-0.25, -0.2) is 0 Å². The van der Waals surface area contributed by atoms with Crippen LogP contribution in [0.1, 0.15) is 11.1 Å². The van der Waals surface area contributed by atoms with Gasteiger partial charge in [-0.1, -0.05) is 60.7 Å². The molecular weight excluding hydrogens is 274 g/mol. The molecule has 2 rings (SSSR count). The van der Waals surface area contributed by atoms with Crippen LogP contribution in [0.25, 0.3) is 0 Å². The van der Waals surface area contributed by atoms with Crippen LogP contribution in [0.15, 0.2) is 60.7 Å². The first kappa shape index (κ1) is 16.2. The lowest BCUT2D eigenvalue weighted by atomic mass is 9.86. The fraction of sp³-hybridized carbons (Fsp3) is 0.188. The van der Waals surface area contributed by atoms with E-state index in [0.29, 0.717) is 12.8 Å². The van der Waals surface area contributed by atoms with Crippen LogP contribution in [0.3, 0.4) is 0 Å². The third-order valence-electron chi connectivity index (χ3n) is 3.15. The molecule has 0 amide bonds. The number of benzene rings is 2. The van der Waals surface area contributed by atoms with Crippen LogP contribution in [0.4, 0.5) is 0 Å². The van der Waals surface area contributed by atoms with Crippen molar-refractivity contribution in [2.45, 2.75) is 18.4 Å². The molecule has 0 aliphatic heterocycles. The van der Waals surface area contributed by atoms with Crippen molar-refractivity contribution in [3.05, 3.63) is 71.8 Å². The summed E-state index contributed by atoms with van der Waals surface area (Å²) in [5.74, 6) is -0.972. The summed E-state index contributed by atoms with van der Waals surface area (Å²) in [5.41, 5.74) is 6.70. The van der Waals surface area contributed by atoms with E-state index in [2.05, 4.69) is 0 Å². The average molecular weight is 292 g/mol. The first-order valence-electron chi connectivity index (χ1n) is 6.20. The molecule has 0 radical (unpaired) electrons. The zero-order valence-electron chi connectivity index (χ0n) is 11.0. The predicted molar refractivity (Wildman–Crippen MR) is 82.1 cm³/mol. The molecule has 0 saturated heterocycles. The van der Waals surface area contributed by atoms with Gasteiger partial charge in [0.05, 0.1) is 0 Å². The van der Waals surface area contributed by atoms with Gasteiger partial charge in [0.25, 0.3) is 0 Å². The Morgan fingerprint density at radius 2 is 1.25 bits per heavy atom. The number of aliphatic carboxylic acids is 1. The smallest absolute Gasteiger partial charge is 0.324 e. The minimum atomic E-state index is -1.28. The van der Waals surface area contributed by atoms with E-state index >= 15 is 0 Å². The maximum Gasteiger partial charge on any atom is 0.324 e. The van der Waals surface area contributed by atoms with Gasteiger partial charge in [-0.2, -0.15) is 0 Å². The number of nitrogens with two attached hydrogens (primary N) is 1. The van der Waals surface area contributed by atoms with Crippen LogP contribution in [0.2, 0.25) is 0 Å². The molecule has 0 aliphatic rings. The van der Waals surface area contributed by atoms with Gasteiger partial charge >= 0.3 is 5.97 Å². The van der Waals surface area contributed by atoms with E-state index in [9.17, 15) is 9.90 Å². The second-order valence-corrected chi connectivity index (χ2v) is 4.79. The van der Waals surface area contributed by atoms with Gasteiger partial charge in [0.2, 0.25) is 0 Å². The van der Waals surface area contributed by atoms with Gasteiger partial charge in [-0.15, -0.1) is 12.4 Å². The molecule has 2 aromatic carbocycles. The highest BCUT2D eigenvalue weighted by atomic mass is 35.5. The lowest BCUT2D eigenvalue weighted by molar-refractivity contribution is -0.143. The van der Waals surface area contributed by atoms with E-state index in [-0.39, 0.29) is 12.4 Å². The Kier molecular flexibility index (Phi) is 5.74. The Bertz CT molecular complexity index is 501. The van der Waals surface area contributed by atoms with E-state index in [1.54, 1.807) is 0 Å². The Labute approximate surface area is 124 Å². The van der Waals surface area contributed by atoms with Crippen molar-refractivity contribution in [1.29, 1.82) is 0 Å². The first-order valence-corrected chi connectivity index (χ1v) is 6.20. The van der Waals surface area contributed by atoms with Gasteiger partial charge in [-0.05, 0) is 11.1 Å². The topological polar surface area (TPSA) is 63.3 Å². The van der Waals surface area contributed by atoms with Crippen LogP contribution in [-0.2, 0) is 17.6 Å². The largest absolute Gasteiger partial charge is 0.480 e. The van der Waals surface area contributed by atoms with E-state index in [1.807, 2.05) is 60.7 Å². The maximum absolute atomic E-state index is 11.5. The van der Waals surface area contributed by atoms with Crippen LogP contribution >= 0.6 is 12.4 Å². The SMILES string of the molecule is Cl.NC(Cc1ccccc1)(Cc1ccccc1)C(=O)O. The van der Waals surface area contributed by atoms with Gasteiger partial charge in [0, 0.05) is 12.8 Å². The number of hydrogen-bond donors (Lipinski definition) is 2. The summed E-state index contributed by atoms with van der Waals surface area (Å²) in [4.78, 5) is 11.5. The molecule has 3 nitrogen and oxygen atoms in total. The number of halogens is 1. The predicted octanol–water partition coefficient (Wildman–Crippen LogP) is 2.68. The van der Waals surface area contributed by atoms with E-state index < -0.39 is 11.5 Å². The molecule has 4 heteroatoms. The molecular formula is C16H18ClNO2. The Balaban J connectivity index is 0.00000200. The minimum absolute atomic E-state index is 0. The standard InChI is InChI=1S/C16H17NO2.ClH/c17-16(15(18)19,11-13-7-3-1-4-8-13)12-14-9-5-2-6-10-14;/h1-10H,11-12,17H2,(H,18,19);1H. The van der Waals surface area contributed by atoms with Gasteiger partial charge in [0.1, 0.15) is 5.54 Å². The number of carboxylic acids is 1. The van der Waals surface area contributed by atoms with Crippen molar-refractivity contribution in [3.8, 4) is 0 Å². The van der Waals surface area contributed by atoms with Crippen LogP contribution in [-0.4, -0.2) is 16.6 Å². The van der Waals surface area contributed by atoms with Crippen molar-refractivity contribution in [2.24, 2.45) is 5.73 Å². The highest BCUT2D eigenvalue weighted by molar-refractivity contribution is 5.85. The molecule has 20 heavy (non-hydrogen) atoms. The zero-order valence-corrected chi connectivity index (χ0v) is 11.8. The molecule has 0 fully saturated rings. The van der Waals surface area contributed by atoms with Gasteiger partial charge in [0.15, 0.2) is 0 Å². The van der Waals surface area contributed by atoms with Crippen LogP contribution < -0.4 is 5.73 Å². The average Bonchev–Trinajstić information content (AvgIpc) is 2.40. The molecule has 2 aromatic rings. The summed E-state index contributed by atoms with van der Waals surface area (Å²) in [5, 5.41) is 9.43. The second kappa shape index (κ2) is 7.08. The van der Waals surface area contributed by atoms with Crippen molar-refractivity contribution in [1.82, 2.24) is 0 Å². The van der Waals surface area contributed by atoms with Crippen molar-refractivity contribution in [2.75, 3.05) is 0 Å². The third-order valence-corrected chi connectivity index (χ3v) is 3.15. The number of rotatable bonds is 5. The molecule has 0 aromatic heterocycles. The second-order valence-electron chi connectivity index (χ2n) is 4.79. The third kappa shape index (κ3) is 4.08.